The molecule has 0 amide bonds. The highest BCUT2D eigenvalue weighted by Gasteiger charge is 2.27. The molecule has 4 nitrogen and oxygen atoms in total. The number of halogens is 1. The lowest BCUT2D eigenvalue weighted by Gasteiger charge is -2.30. The third-order valence-corrected chi connectivity index (χ3v) is 3.04. The van der Waals surface area contributed by atoms with Gasteiger partial charge in [-0.2, -0.15) is 0 Å². The Labute approximate surface area is 110 Å². The first-order valence-electron chi connectivity index (χ1n) is 5.98. The fraction of sp³-hybridized carbons (Fsp3) is 0.214. The summed E-state index contributed by atoms with van der Waals surface area (Å²) in [6.07, 6.45) is 2.32. The molecule has 1 aromatic heterocycles. The zero-order valence-electron chi connectivity index (χ0n) is 10.1. The van der Waals surface area contributed by atoms with E-state index in [-0.39, 0.29) is 6.10 Å². The van der Waals surface area contributed by atoms with Crippen molar-refractivity contribution in [3.05, 3.63) is 54.1 Å². The molecule has 0 bridgehead atoms. The Bertz CT molecular complexity index is 591. The smallest absolute Gasteiger partial charge is 0.161 e. The van der Waals surface area contributed by atoms with Gasteiger partial charge >= 0.3 is 0 Å². The summed E-state index contributed by atoms with van der Waals surface area (Å²) >= 11 is 0. The molecule has 5 heteroatoms. The number of nitrogens with two attached hydrogens (primary N) is 1. The van der Waals surface area contributed by atoms with Crippen LogP contribution in [-0.4, -0.2) is 17.7 Å². The van der Waals surface area contributed by atoms with Gasteiger partial charge in [0.25, 0.3) is 0 Å². The van der Waals surface area contributed by atoms with Crippen molar-refractivity contribution in [1.82, 2.24) is 4.98 Å². The van der Waals surface area contributed by atoms with E-state index in [0.717, 1.165) is 6.20 Å². The van der Waals surface area contributed by atoms with Crippen molar-refractivity contribution in [1.29, 1.82) is 0 Å². The number of aromatic nitrogens is 1. The number of hydrogen-bond acceptors (Lipinski definition) is 4. The van der Waals surface area contributed by atoms with Crippen LogP contribution in [0.1, 0.15) is 11.6 Å². The zero-order valence-corrected chi connectivity index (χ0v) is 10.1. The van der Waals surface area contributed by atoms with Gasteiger partial charge < -0.3 is 15.2 Å². The summed E-state index contributed by atoms with van der Waals surface area (Å²) in [6, 6.07) is 8.26. The fourth-order valence-electron chi connectivity index (χ4n) is 2.04. The fourth-order valence-corrected chi connectivity index (χ4v) is 2.04. The molecule has 1 aliphatic heterocycles. The van der Waals surface area contributed by atoms with Crippen molar-refractivity contribution in [3.63, 3.8) is 0 Å². The lowest BCUT2D eigenvalue weighted by molar-refractivity contribution is 0.0720. The third-order valence-electron chi connectivity index (χ3n) is 3.04. The van der Waals surface area contributed by atoms with Crippen LogP contribution in [0.15, 0.2) is 42.7 Å². The topological polar surface area (TPSA) is 57.4 Å². The average Bonchev–Trinajstić information content (AvgIpc) is 2.46. The predicted octanol–water partition coefficient (Wildman–Crippen LogP) is 2.06. The molecule has 2 aromatic rings. The highest BCUT2D eigenvalue weighted by atomic mass is 19.1. The van der Waals surface area contributed by atoms with E-state index in [1.54, 1.807) is 0 Å². The van der Waals surface area contributed by atoms with E-state index in [0.29, 0.717) is 23.7 Å². The van der Waals surface area contributed by atoms with Gasteiger partial charge in [0.15, 0.2) is 17.6 Å². The Kier molecular flexibility index (Phi) is 3.05. The summed E-state index contributed by atoms with van der Waals surface area (Å²) in [4.78, 5) is 3.79. The quantitative estimate of drug-likeness (QED) is 0.898. The van der Waals surface area contributed by atoms with Gasteiger partial charge in [-0.05, 0) is 23.8 Å². The molecule has 0 fully saturated rings. The van der Waals surface area contributed by atoms with E-state index >= 15 is 0 Å². The van der Waals surface area contributed by atoms with Gasteiger partial charge in [-0.15, -0.1) is 0 Å². The Morgan fingerprint density at radius 2 is 2.05 bits per heavy atom. The minimum absolute atomic E-state index is 0.328. The number of benzene rings is 1. The Morgan fingerprint density at radius 3 is 2.84 bits per heavy atom. The summed E-state index contributed by atoms with van der Waals surface area (Å²) in [7, 11) is 0. The number of para-hydroxylation sites is 2. The first-order valence-corrected chi connectivity index (χ1v) is 5.98. The van der Waals surface area contributed by atoms with Gasteiger partial charge in [-0.3, -0.25) is 4.98 Å². The first kappa shape index (κ1) is 11.9. The van der Waals surface area contributed by atoms with Crippen LogP contribution >= 0.6 is 0 Å². The van der Waals surface area contributed by atoms with Crippen LogP contribution in [0.5, 0.6) is 11.5 Å². The van der Waals surface area contributed by atoms with Gasteiger partial charge in [0.05, 0.1) is 12.2 Å². The van der Waals surface area contributed by atoms with Crippen LogP contribution in [0.2, 0.25) is 0 Å². The minimum Gasteiger partial charge on any atom is -0.486 e. The van der Waals surface area contributed by atoms with Crippen LogP contribution in [0.4, 0.5) is 4.39 Å². The molecule has 19 heavy (non-hydrogen) atoms. The van der Waals surface area contributed by atoms with Gasteiger partial charge in [0, 0.05) is 6.20 Å². The van der Waals surface area contributed by atoms with Gasteiger partial charge in [-0.1, -0.05) is 12.1 Å². The second-order valence-corrected chi connectivity index (χ2v) is 4.38. The standard InChI is InChI=1S/C14H13FN2O2/c15-10-5-9(6-17-7-10)14(16)13-8-18-11-3-1-2-4-12(11)19-13/h1-7,13-14H,8,16H2. The molecule has 0 radical (unpaired) electrons. The van der Waals surface area contributed by atoms with Gasteiger partial charge in [0.1, 0.15) is 12.4 Å². The van der Waals surface area contributed by atoms with Crippen LogP contribution in [0.25, 0.3) is 0 Å². The lowest BCUT2D eigenvalue weighted by Crippen LogP contribution is -2.39. The maximum atomic E-state index is 13.1. The zero-order chi connectivity index (χ0) is 13.2. The number of pyridine rings is 1. The molecule has 2 atom stereocenters. The van der Waals surface area contributed by atoms with Gasteiger partial charge in [0.2, 0.25) is 0 Å². The SMILES string of the molecule is NC(c1cncc(F)c1)C1COc2ccccc2O1. The number of fused-ring (bicyclic) bond motifs is 1. The summed E-state index contributed by atoms with van der Waals surface area (Å²) in [5.41, 5.74) is 6.67. The summed E-state index contributed by atoms with van der Waals surface area (Å²) in [5.74, 6) is 0.937. The maximum Gasteiger partial charge on any atom is 0.161 e. The number of ether oxygens (including phenoxy) is 2. The molecule has 1 aliphatic rings. The molecular weight excluding hydrogens is 247 g/mol. The Hall–Kier alpha value is -2.14. The molecule has 0 aliphatic carbocycles. The minimum atomic E-state index is -0.489. The van der Waals surface area contributed by atoms with E-state index in [2.05, 4.69) is 4.98 Å². The molecule has 2 N–H and O–H groups in total. The van der Waals surface area contributed by atoms with Crippen molar-refractivity contribution in [3.8, 4) is 11.5 Å². The molecule has 2 heterocycles. The molecule has 2 unspecified atom stereocenters. The second-order valence-electron chi connectivity index (χ2n) is 4.38. The normalized spacial score (nSPS) is 18.9. The molecule has 3 rings (SSSR count). The Balaban J connectivity index is 1.81. The van der Waals surface area contributed by atoms with E-state index < -0.39 is 11.9 Å². The van der Waals surface area contributed by atoms with Crippen LogP contribution < -0.4 is 15.2 Å². The predicted molar refractivity (Wildman–Crippen MR) is 67.5 cm³/mol. The highest BCUT2D eigenvalue weighted by molar-refractivity contribution is 5.41. The number of rotatable bonds is 2. The van der Waals surface area contributed by atoms with Crippen LogP contribution in [0.3, 0.4) is 0 Å². The van der Waals surface area contributed by atoms with Crippen molar-refractivity contribution in [2.75, 3.05) is 6.61 Å². The molecule has 1 aromatic carbocycles. The van der Waals surface area contributed by atoms with Crippen molar-refractivity contribution >= 4 is 0 Å². The monoisotopic (exact) mass is 260 g/mol. The van der Waals surface area contributed by atoms with Crippen LogP contribution in [0, 0.1) is 5.82 Å². The van der Waals surface area contributed by atoms with Crippen molar-refractivity contribution in [2.45, 2.75) is 12.1 Å². The summed E-state index contributed by atoms with van der Waals surface area (Å²) < 4.78 is 24.5. The highest BCUT2D eigenvalue weighted by Crippen LogP contribution is 2.33. The second kappa shape index (κ2) is 4.85. The van der Waals surface area contributed by atoms with Gasteiger partial charge in [-0.25, -0.2) is 4.39 Å². The van der Waals surface area contributed by atoms with Crippen molar-refractivity contribution in [2.24, 2.45) is 5.73 Å². The molecule has 0 spiro atoms. The Morgan fingerprint density at radius 1 is 1.26 bits per heavy atom. The van der Waals surface area contributed by atoms with E-state index in [1.165, 1.54) is 12.3 Å². The molecule has 0 saturated heterocycles. The van der Waals surface area contributed by atoms with Crippen LogP contribution in [-0.2, 0) is 0 Å². The third kappa shape index (κ3) is 2.37. The lowest BCUT2D eigenvalue weighted by atomic mass is 10.0. The maximum absolute atomic E-state index is 13.1. The average molecular weight is 260 g/mol. The van der Waals surface area contributed by atoms with E-state index in [1.807, 2.05) is 24.3 Å². The van der Waals surface area contributed by atoms with Crippen molar-refractivity contribution < 1.29 is 13.9 Å². The van der Waals surface area contributed by atoms with E-state index in [9.17, 15) is 4.39 Å². The molecule has 0 saturated carbocycles. The molecular formula is C14H13FN2O2. The molecule has 98 valence electrons. The van der Waals surface area contributed by atoms with E-state index in [4.69, 9.17) is 15.2 Å². The number of hydrogen-bond donors (Lipinski definition) is 1. The summed E-state index contributed by atoms with van der Waals surface area (Å²) in [6.45, 7) is 0.328. The summed E-state index contributed by atoms with van der Waals surface area (Å²) in [5, 5.41) is 0. The first-order chi connectivity index (χ1) is 9.24. The largest absolute Gasteiger partial charge is 0.486 e. The number of nitrogens with zero attached hydrogens (tertiary/aromatic N) is 1.